The highest BCUT2D eigenvalue weighted by Crippen LogP contribution is 2.21. The quantitative estimate of drug-likeness (QED) is 0.830. The van der Waals surface area contributed by atoms with Crippen LogP contribution in [0.15, 0.2) is 30.3 Å². The van der Waals surface area contributed by atoms with Crippen molar-refractivity contribution < 1.29 is 0 Å². The lowest BCUT2D eigenvalue weighted by atomic mass is 9.93. The first-order chi connectivity index (χ1) is 8.24. The first-order valence-electron chi connectivity index (χ1n) is 6.28. The van der Waals surface area contributed by atoms with E-state index in [2.05, 4.69) is 35.2 Å². The fourth-order valence-electron chi connectivity index (χ4n) is 2.47. The summed E-state index contributed by atoms with van der Waals surface area (Å²) in [5, 5.41) is 0. The minimum Gasteiger partial charge on any atom is -0.393 e. The summed E-state index contributed by atoms with van der Waals surface area (Å²) in [5.41, 5.74) is 7.00. The van der Waals surface area contributed by atoms with Gasteiger partial charge in [-0.1, -0.05) is 42.5 Å². The summed E-state index contributed by atoms with van der Waals surface area (Å²) in [4.78, 5) is 3.19. The van der Waals surface area contributed by atoms with Crippen molar-refractivity contribution in [2.75, 3.05) is 13.1 Å². The summed E-state index contributed by atoms with van der Waals surface area (Å²) < 4.78 is 0. The third-order valence-corrected chi connectivity index (χ3v) is 3.61. The Morgan fingerprint density at radius 2 is 1.88 bits per heavy atom. The first kappa shape index (κ1) is 12.5. The van der Waals surface area contributed by atoms with Gasteiger partial charge in [0.25, 0.3) is 0 Å². The minimum absolute atomic E-state index is 0.673. The number of nitrogens with zero attached hydrogens (tertiary/aromatic N) is 1. The van der Waals surface area contributed by atoms with Crippen molar-refractivity contribution >= 4 is 17.2 Å². The van der Waals surface area contributed by atoms with Gasteiger partial charge >= 0.3 is 0 Å². The number of benzene rings is 1. The summed E-state index contributed by atoms with van der Waals surface area (Å²) in [6.07, 6.45) is 3.38. The predicted molar refractivity (Wildman–Crippen MR) is 75.8 cm³/mol. The molecule has 0 bridgehead atoms. The molecule has 0 amide bonds. The van der Waals surface area contributed by atoms with E-state index in [1.54, 1.807) is 0 Å². The molecule has 1 aliphatic heterocycles. The molecule has 3 heteroatoms. The summed E-state index contributed by atoms with van der Waals surface area (Å²) >= 11 is 4.97. The molecule has 0 unspecified atom stereocenters. The van der Waals surface area contributed by atoms with Crippen LogP contribution in [-0.4, -0.2) is 23.0 Å². The fraction of sp³-hybridized carbons (Fsp3) is 0.500. The average molecular weight is 248 g/mol. The maximum atomic E-state index is 5.60. The molecule has 1 heterocycles. The Morgan fingerprint density at radius 3 is 2.47 bits per heavy atom. The second-order valence-electron chi connectivity index (χ2n) is 4.88. The van der Waals surface area contributed by atoms with E-state index in [-0.39, 0.29) is 0 Å². The van der Waals surface area contributed by atoms with Crippen molar-refractivity contribution in [3.63, 3.8) is 0 Å². The van der Waals surface area contributed by atoms with Gasteiger partial charge in [0.15, 0.2) is 0 Å². The first-order valence-corrected chi connectivity index (χ1v) is 6.69. The van der Waals surface area contributed by atoms with Crippen molar-refractivity contribution in [3.8, 4) is 0 Å². The molecule has 2 nitrogen and oxygen atoms in total. The average Bonchev–Trinajstić information content (AvgIpc) is 2.32. The zero-order valence-electron chi connectivity index (χ0n) is 10.1. The van der Waals surface area contributed by atoms with Crippen LogP contribution in [-0.2, 0) is 6.54 Å². The molecule has 1 aliphatic rings. The third-order valence-electron chi connectivity index (χ3n) is 3.45. The molecule has 0 spiro atoms. The normalized spacial score (nSPS) is 18.1. The number of thiocarbonyl (C=S) groups is 1. The topological polar surface area (TPSA) is 29.3 Å². The molecule has 2 N–H and O–H groups in total. The fourth-order valence-corrected chi connectivity index (χ4v) is 2.71. The monoisotopic (exact) mass is 248 g/mol. The molecule has 2 rings (SSSR count). The molecular weight excluding hydrogens is 228 g/mol. The molecule has 0 radical (unpaired) electrons. The minimum atomic E-state index is 0.673. The zero-order valence-corrected chi connectivity index (χ0v) is 11.0. The number of likely N-dealkylation sites (tertiary alicyclic amines) is 1. The maximum absolute atomic E-state index is 5.60. The van der Waals surface area contributed by atoms with Crippen LogP contribution in [0.4, 0.5) is 0 Å². The van der Waals surface area contributed by atoms with E-state index < -0.39 is 0 Å². The molecular formula is C14H20N2S. The van der Waals surface area contributed by atoms with E-state index in [1.807, 2.05) is 0 Å². The van der Waals surface area contributed by atoms with Gasteiger partial charge in [-0.2, -0.15) is 0 Å². The highest BCUT2D eigenvalue weighted by Gasteiger charge is 2.19. The summed E-state index contributed by atoms with van der Waals surface area (Å²) in [6.45, 7) is 3.41. The predicted octanol–water partition coefficient (Wildman–Crippen LogP) is 2.57. The van der Waals surface area contributed by atoms with Gasteiger partial charge < -0.3 is 5.73 Å². The Hall–Kier alpha value is -0.930. The lowest BCUT2D eigenvalue weighted by Crippen LogP contribution is -2.34. The van der Waals surface area contributed by atoms with E-state index in [9.17, 15) is 0 Å². The Bertz CT molecular complexity index is 356. The van der Waals surface area contributed by atoms with Gasteiger partial charge in [-0.15, -0.1) is 0 Å². The van der Waals surface area contributed by atoms with Crippen LogP contribution in [0.3, 0.4) is 0 Å². The van der Waals surface area contributed by atoms with E-state index in [1.165, 1.54) is 31.5 Å². The Labute approximate surface area is 109 Å². The standard InChI is InChI=1S/C14H20N2S/c15-14(17)10-12-6-8-16(9-7-12)11-13-4-2-1-3-5-13/h1-5,12H,6-11H2,(H2,15,17). The van der Waals surface area contributed by atoms with E-state index >= 15 is 0 Å². The number of nitrogens with two attached hydrogens (primary N) is 1. The molecule has 1 aromatic rings. The number of piperidine rings is 1. The largest absolute Gasteiger partial charge is 0.393 e. The van der Waals surface area contributed by atoms with Gasteiger partial charge in [0, 0.05) is 13.0 Å². The molecule has 0 aliphatic carbocycles. The molecule has 1 aromatic carbocycles. The highest BCUT2D eigenvalue weighted by atomic mass is 32.1. The lowest BCUT2D eigenvalue weighted by molar-refractivity contribution is 0.180. The Kier molecular flexibility index (Phi) is 4.51. The van der Waals surface area contributed by atoms with Gasteiger partial charge in [0.05, 0.1) is 4.99 Å². The van der Waals surface area contributed by atoms with Crippen LogP contribution in [0.25, 0.3) is 0 Å². The molecule has 92 valence electrons. The van der Waals surface area contributed by atoms with Gasteiger partial charge in [-0.25, -0.2) is 0 Å². The smallest absolute Gasteiger partial charge is 0.0730 e. The summed E-state index contributed by atoms with van der Waals surface area (Å²) in [7, 11) is 0. The van der Waals surface area contributed by atoms with Gasteiger partial charge in [0.2, 0.25) is 0 Å². The van der Waals surface area contributed by atoms with E-state index in [0.29, 0.717) is 10.9 Å². The van der Waals surface area contributed by atoms with E-state index in [0.717, 1.165) is 13.0 Å². The Morgan fingerprint density at radius 1 is 1.24 bits per heavy atom. The molecule has 1 saturated heterocycles. The van der Waals surface area contributed by atoms with Crippen LogP contribution in [0, 0.1) is 5.92 Å². The number of rotatable bonds is 4. The van der Waals surface area contributed by atoms with Gasteiger partial charge in [-0.05, 0) is 37.4 Å². The Balaban J connectivity index is 1.78. The van der Waals surface area contributed by atoms with E-state index in [4.69, 9.17) is 18.0 Å². The third kappa shape index (κ3) is 4.10. The second kappa shape index (κ2) is 6.12. The lowest BCUT2D eigenvalue weighted by Gasteiger charge is -2.31. The number of hydrogen-bond acceptors (Lipinski definition) is 2. The van der Waals surface area contributed by atoms with Gasteiger partial charge in [0.1, 0.15) is 0 Å². The molecule has 0 atom stereocenters. The highest BCUT2D eigenvalue weighted by molar-refractivity contribution is 7.80. The second-order valence-corrected chi connectivity index (χ2v) is 5.40. The number of hydrogen-bond donors (Lipinski definition) is 1. The molecule has 17 heavy (non-hydrogen) atoms. The maximum Gasteiger partial charge on any atom is 0.0730 e. The van der Waals surface area contributed by atoms with Gasteiger partial charge in [-0.3, -0.25) is 4.90 Å². The summed E-state index contributed by atoms with van der Waals surface area (Å²) in [5.74, 6) is 0.708. The van der Waals surface area contributed by atoms with Crippen LogP contribution in [0.5, 0.6) is 0 Å². The molecule has 1 fully saturated rings. The van der Waals surface area contributed by atoms with Crippen molar-refractivity contribution in [2.24, 2.45) is 11.7 Å². The van der Waals surface area contributed by atoms with Crippen molar-refractivity contribution in [2.45, 2.75) is 25.8 Å². The van der Waals surface area contributed by atoms with Crippen molar-refractivity contribution in [3.05, 3.63) is 35.9 Å². The SMILES string of the molecule is NC(=S)CC1CCN(Cc2ccccc2)CC1. The van der Waals surface area contributed by atoms with Crippen LogP contribution in [0.2, 0.25) is 0 Å². The zero-order chi connectivity index (χ0) is 12.1. The van der Waals surface area contributed by atoms with Crippen molar-refractivity contribution in [1.29, 1.82) is 0 Å². The van der Waals surface area contributed by atoms with Crippen molar-refractivity contribution in [1.82, 2.24) is 4.90 Å². The van der Waals surface area contributed by atoms with Crippen LogP contribution in [0.1, 0.15) is 24.8 Å². The van der Waals surface area contributed by atoms with Crippen LogP contribution < -0.4 is 5.73 Å². The summed E-state index contributed by atoms with van der Waals surface area (Å²) in [6, 6.07) is 10.7. The molecule has 0 aromatic heterocycles. The molecule has 0 saturated carbocycles. The van der Waals surface area contributed by atoms with Crippen LogP contribution >= 0.6 is 12.2 Å².